The SMILES string of the molecule is CC.CCc1nc(C)cn1C#N. The van der Waals surface area contributed by atoms with E-state index in [0.717, 1.165) is 17.9 Å². The van der Waals surface area contributed by atoms with Gasteiger partial charge in [0.05, 0.1) is 5.69 Å². The second-order valence-electron chi connectivity index (χ2n) is 2.12. The molecule has 0 amide bonds. The lowest BCUT2D eigenvalue weighted by Gasteiger charge is -1.89. The van der Waals surface area contributed by atoms with E-state index in [1.807, 2.05) is 33.9 Å². The van der Waals surface area contributed by atoms with Gasteiger partial charge in [0, 0.05) is 12.6 Å². The predicted octanol–water partition coefficient (Wildman–Crippen LogP) is 2.11. The van der Waals surface area contributed by atoms with Crippen molar-refractivity contribution in [3.05, 3.63) is 17.7 Å². The van der Waals surface area contributed by atoms with E-state index in [0.29, 0.717) is 0 Å². The van der Waals surface area contributed by atoms with Crippen LogP contribution in [0.2, 0.25) is 0 Å². The lowest BCUT2D eigenvalue weighted by atomic mass is 10.5. The fourth-order valence-corrected chi connectivity index (χ4v) is 0.884. The summed E-state index contributed by atoms with van der Waals surface area (Å²) in [6, 6.07) is 0. The summed E-state index contributed by atoms with van der Waals surface area (Å²) in [7, 11) is 0. The summed E-state index contributed by atoms with van der Waals surface area (Å²) in [4.78, 5) is 4.14. The number of nitriles is 1. The van der Waals surface area contributed by atoms with Gasteiger partial charge in [0.2, 0.25) is 0 Å². The minimum absolute atomic E-state index is 0.807. The zero-order valence-corrected chi connectivity index (χ0v) is 8.13. The third-order valence-electron chi connectivity index (χ3n) is 1.32. The van der Waals surface area contributed by atoms with Crippen molar-refractivity contribution in [3.63, 3.8) is 0 Å². The Hall–Kier alpha value is -1.30. The van der Waals surface area contributed by atoms with Crippen LogP contribution in [0.4, 0.5) is 0 Å². The summed E-state index contributed by atoms with van der Waals surface area (Å²) in [5.74, 6) is 0.833. The summed E-state index contributed by atoms with van der Waals surface area (Å²) < 4.78 is 1.50. The Labute approximate surface area is 73.7 Å². The van der Waals surface area contributed by atoms with Gasteiger partial charge < -0.3 is 0 Å². The minimum atomic E-state index is 0.807. The van der Waals surface area contributed by atoms with Gasteiger partial charge in [0.25, 0.3) is 0 Å². The highest BCUT2D eigenvalue weighted by Crippen LogP contribution is 2.00. The van der Waals surface area contributed by atoms with Crippen molar-refractivity contribution in [1.82, 2.24) is 9.55 Å². The van der Waals surface area contributed by atoms with E-state index in [9.17, 15) is 0 Å². The number of hydrogen-bond donors (Lipinski definition) is 0. The topological polar surface area (TPSA) is 41.6 Å². The molecule has 0 fully saturated rings. The molecule has 0 aromatic carbocycles. The number of aryl methyl sites for hydroxylation is 2. The summed E-state index contributed by atoms with van der Waals surface area (Å²) in [5.41, 5.74) is 0.901. The van der Waals surface area contributed by atoms with Gasteiger partial charge in [-0.3, -0.25) is 0 Å². The third kappa shape index (κ3) is 2.39. The van der Waals surface area contributed by atoms with E-state index in [1.165, 1.54) is 4.57 Å². The van der Waals surface area contributed by atoms with Crippen LogP contribution in [0.1, 0.15) is 32.3 Å². The zero-order valence-electron chi connectivity index (χ0n) is 8.13. The normalized spacial score (nSPS) is 8.25. The Morgan fingerprint density at radius 1 is 1.58 bits per heavy atom. The van der Waals surface area contributed by atoms with Crippen LogP contribution >= 0.6 is 0 Å². The highest BCUT2D eigenvalue weighted by atomic mass is 15.1. The quantitative estimate of drug-likeness (QED) is 0.639. The maximum atomic E-state index is 8.54. The first-order chi connectivity index (χ1) is 5.77. The first-order valence-electron chi connectivity index (χ1n) is 4.23. The Morgan fingerprint density at radius 2 is 2.17 bits per heavy atom. The second-order valence-corrected chi connectivity index (χ2v) is 2.12. The van der Waals surface area contributed by atoms with E-state index < -0.39 is 0 Å². The highest BCUT2D eigenvalue weighted by Gasteiger charge is 2.00. The molecule has 0 saturated heterocycles. The fourth-order valence-electron chi connectivity index (χ4n) is 0.884. The molecule has 0 atom stereocenters. The Bertz CT molecular complexity index is 268. The zero-order chi connectivity index (χ0) is 9.56. The molecule has 3 nitrogen and oxygen atoms in total. The van der Waals surface area contributed by atoms with Crippen molar-refractivity contribution >= 4 is 0 Å². The number of nitrogens with zero attached hydrogens (tertiary/aromatic N) is 3. The van der Waals surface area contributed by atoms with Crippen LogP contribution in [-0.2, 0) is 6.42 Å². The molecule has 0 aliphatic heterocycles. The summed E-state index contributed by atoms with van der Waals surface area (Å²) >= 11 is 0. The van der Waals surface area contributed by atoms with Crippen molar-refractivity contribution in [2.45, 2.75) is 34.1 Å². The molecule has 3 heteroatoms. The van der Waals surface area contributed by atoms with Gasteiger partial charge in [-0.05, 0) is 6.92 Å². The Balaban J connectivity index is 0.000000561. The molecule has 0 unspecified atom stereocenters. The number of aromatic nitrogens is 2. The van der Waals surface area contributed by atoms with Gasteiger partial charge in [-0.2, -0.15) is 5.26 Å². The molecule has 0 spiro atoms. The van der Waals surface area contributed by atoms with E-state index >= 15 is 0 Å². The van der Waals surface area contributed by atoms with Crippen LogP contribution in [0.5, 0.6) is 0 Å². The first kappa shape index (κ1) is 10.7. The molecule has 0 N–H and O–H groups in total. The Kier molecular flexibility index (Phi) is 4.78. The number of rotatable bonds is 1. The third-order valence-corrected chi connectivity index (χ3v) is 1.32. The monoisotopic (exact) mass is 165 g/mol. The second kappa shape index (κ2) is 5.36. The minimum Gasteiger partial charge on any atom is -0.240 e. The van der Waals surface area contributed by atoms with Crippen LogP contribution in [0, 0.1) is 18.4 Å². The van der Waals surface area contributed by atoms with Crippen LogP contribution in [0.25, 0.3) is 0 Å². The smallest absolute Gasteiger partial charge is 0.189 e. The Morgan fingerprint density at radius 3 is 2.50 bits per heavy atom. The molecule has 12 heavy (non-hydrogen) atoms. The average Bonchev–Trinajstić information content (AvgIpc) is 2.49. The van der Waals surface area contributed by atoms with Crippen molar-refractivity contribution in [3.8, 4) is 6.19 Å². The molecule has 1 heterocycles. The highest BCUT2D eigenvalue weighted by molar-refractivity contribution is 5.07. The molecule has 0 radical (unpaired) electrons. The molecule has 0 bridgehead atoms. The maximum absolute atomic E-state index is 8.54. The summed E-state index contributed by atoms with van der Waals surface area (Å²) in [6.45, 7) is 7.86. The standard InChI is InChI=1S/C7H9N3.C2H6/c1-3-7-9-6(2)4-10(7)5-8;1-2/h4H,3H2,1-2H3;1-2H3. The van der Waals surface area contributed by atoms with Crippen LogP contribution in [0.15, 0.2) is 6.20 Å². The van der Waals surface area contributed by atoms with Crippen molar-refractivity contribution < 1.29 is 0 Å². The largest absolute Gasteiger partial charge is 0.240 e. The van der Waals surface area contributed by atoms with E-state index in [1.54, 1.807) is 6.20 Å². The number of imidazole rings is 1. The first-order valence-corrected chi connectivity index (χ1v) is 4.23. The van der Waals surface area contributed by atoms with E-state index in [2.05, 4.69) is 4.98 Å². The molecule has 1 rings (SSSR count). The lowest BCUT2D eigenvalue weighted by molar-refractivity contribution is 0.900. The van der Waals surface area contributed by atoms with Crippen LogP contribution < -0.4 is 0 Å². The van der Waals surface area contributed by atoms with Gasteiger partial charge in [-0.25, -0.2) is 9.55 Å². The van der Waals surface area contributed by atoms with Gasteiger partial charge >= 0.3 is 0 Å². The lowest BCUT2D eigenvalue weighted by Crippen LogP contribution is -1.93. The summed E-state index contributed by atoms with van der Waals surface area (Å²) in [6.07, 6.45) is 4.56. The predicted molar refractivity (Wildman–Crippen MR) is 48.7 cm³/mol. The van der Waals surface area contributed by atoms with Crippen LogP contribution in [0.3, 0.4) is 0 Å². The van der Waals surface area contributed by atoms with Crippen molar-refractivity contribution in [1.29, 1.82) is 5.26 Å². The van der Waals surface area contributed by atoms with Crippen molar-refractivity contribution in [2.24, 2.45) is 0 Å². The molecule has 0 saturated carbocycles. The van der Waals surface area contributed by atoms with Crippen LogP contribution in [-0.4, -0.2) is 9.55 Å². The van der Waals surface area contributed by atoms with Gasteiger partial charge in [-0.1, -0.05) is 20.8 Å². The maximum Gasteiger partial charge on any atom is 0.189 e. The van der Waals surface area contributed by atoms with Gasteiger partial charge in [-0.15, -0.1) is 0 Å². The molecule has 66 valence electrons. The van der Waals surface area contributed by atoms with E-state index in [4.69, 9.17) is 5.26 Å². The molecular weight excluding hydrogens is 150 g/mol. The summed E-state index contributed by atoms with van der Waals surface area (Å²) in [5, 5.41) is 8.54. The van der Waals surface area contributed by atoms with Gasteiger partial charge in [0.15, 0.2) is 6.19 Å². The molecule has 0 aliphatic rings. The van der Waals surface area contributed by atoms with Crippen molar-refractivity contribution in [2.75, 3.05) is 0 Å². The molecule has 1 aromatic heterocycles. The molecule has 0 aliphatic carbocycles. The molecule has 1 aromatic rings. The molecular formula is C9H15N3. The number of hydrogen-bond acceptors (Lipinski definition) is 2. The van der Waals surface area contributed by atoms with Gasteiger partial charge in [0.1, 0.15) is 5.82 Å². The fraction of sp³-hybridized carbons (Fsp3) is 0.556. The van der Waals surface area contributed by atoms with E-state index in [-0.39, 0.29) is 0 Å². The average molecular weight is 165 g/mol.